The number of nitrogens with two attached hydrogens (primary N) is 1. The van der Waals surface area contributed by atoms with Gasteiger partial charge in [0.15, 0.2) is 5.82 Å². The Kier molecular flexibility index (Phi) is 3.33. The lowest BCUT2D eigenvalue weighted by Gasteiger charge is -2.09. The molecule has 0 aliphatic heterocycles. The molecular formula is C11H14N6O. The Bertz CT molecular complexity index is 562. The predicted molar refractivity (Wildman–Crippen MR) is 66.2 cm³/mol. The molecule has 0 radical (unpaired) electrons. The summed E-state index contributed by atoms with van der Waals surface area (Å²) in [6.07, 6.45) is 0. The summed E-state index contributed by atoms with van der Waals surface area (Å²) < 4.78 is 1.58. The maximum absolute atomic E-state index is 11.5. The minimum atomic E-state index is -0.552. The molecule has 0 aliphatic rings. The third-order valence-corrected chi connectivity index (χ3v) is 2.40. The van der Waals surface area contributed by atoms with E-state index in [0.29, 0.717) is 11.5 Å². The highest BCUT2D eigenvalue weighted by Gasteiger charge is 2.09. The summed E-state index contributed by atoms with van der Waals surface area (Å²) in [6, 6.07) is 6.68. The predicted octanol–water partition coefficient (Wildman–Crippen LogP) is 0.256. The van der Waals surface area contributed by atoms with Gasteiger partial charge in [-0.25, -0.2) is 0 Å². The molecule has 7 nitrogen and oxygen atoms in total. The summed E-state index contributed by atoms with van der Waals surface area (Å²) in [7, 11) is 0. The molecule has 0 saturated carbocycles. The van der Waals surface area contributed by atoms with E-state index in [1.54, 1.807) is 30.7 Å². The van der Waals surface area contributed by atoms with Gasteiger partial charge in [0.1, 0.15) is 0 Å². The van der Waals surface area contributed by atoms with Crippen LogP contribution in [0.4, 0.5) is 5.69 Å². The van der Waals surface area contributed by atoms with Crippen LogP contribution in [0.15, 0.2) is 24.3 Å². The fourth-order valence-corrected chi connectivity index (χ4v) is 1.44. The minimum Gasteiger partial charge on any atom is -0.325 e. The summed E-state index contributed by atoms with van der Waals surface area (Å²) in [5.41, 5.74) is 6.93. The number of carbonyl (C=O) groups excluding carboxylic acids is 1. The van der Waals surface area contributed by atoms with Gasteiger partial charge in [-0.3, -0.25) is 4.79 Å². The molecule has 7 heteroatoms. The second-order valence-corrected chi connectivity index (χ2v) is 3.97. The molecule has 0 spiro atoms. The van der Waals surface area contributed by atoms with Gasteiger partial charge in [-0.1, -0.05) is 6.07 Å². The molecule has 0 unspecified atom stereocenters. The molecule has 2 aromatic rings. The average Bonchev–Trinajstić information content (AvgIpc) is 2.75. The van der Waals surface area contributed by atoms with Crippen molar-refractivity contribution in [3.05, 3.63) is 30.1 Å². The maximum atomic E-state index is 11.5. The lowest BCUT2D eigenvalue weighted by molar-refractivity contribution is -0.117. The fourth-order valence-electron chi connectivity index (χ4n) is 1.44. The van der Waals surface area contributed by atoms with Crippen molar-refractivity contribution in [3.8, 4) is 5.69 Å². The molecule has 0 bridgehead atoms. The van der Waals surface area contributed by atoms with E-state index in [1.807, 2.05) is 12.1 Å². The summed E-state index contributed by atoms with van der Waals surface area (Å²) in [4.78, 5) is 11.5. The highest BCUT2D eigenvalue weighted by atomic mass is 16.2. The van der Waals surface area contributed by atoms with E-state index in [-0.39, 0.29) is 5.91 Å². The summed E-state index contributed by atoms with van der Waals surface area (Å²) in [5.74, 6) is 0.436. The molecule has 0 fully saturated rings. The van der Waals surface area contributed by atoms with E-state index in [1.165, 1.54) is 0 Å². The Hall–Kier alpha value is -2.28. The zero-order valence-corrected chi connectivity index (χ0v) is 10.2. The van der Waals surface area contributed by atoms with Crippen LogP contribution in [0.1, 0.15) is 12.7 Å². The number of nitrogens with one attached hydrogen (secondary N) is 1. The van der Waals surface area contributed by atoms with E-state index in [4.69, 9.17) is 5.73 Å². The Morgan fingerprint density at radius 1 is 1.50 bits per heavy atom. The minimum absolute atomic E-state index is 0.236. The molecule has 3 N–H and O–H groups in total. The van der Waals surface area contributed by atoms with Crippen LogP contribution in [0.25, 0.3) is 5.69 Å². The van der Waals surface area contributed by atoms with Gasteiger partial charge in [0.25, 0.3) is 0 Å². The molecule has 1 aromatic carbocycles. The molecule has 2 rings (SSSR count). The number of tetrazole rings is 1. The van der Waals surface area contributed by atoms with Crippen LogP contribution >= 0.6 is 0 Å². The Morgan fingerprint density at radius 3 is 2.89 bits per heavy atom. The fraction of sp³-hybridized carbons (Fsp3) is 0.273. The van der Waals surface area contributed by atoms with Crippen molar-refractivity contribution in [1.82, 2.24) is 20.2 Å². The topological polar surface area (TPSA) is 98.7 Å². The lowest BCUT2D eigenvalue weighted by atomic mass is 10.2. The Morgan fingerprint density at radius 2 is 2.28 bits per heavy atom. The molecule has 0 aliphatic carbocycles. The SMILES string of the molecule is Cc1nnnn1-c1cccc(NC(=O)[C@H](C)N)c1. The van der Waals surface area contributed by atoms with Crippen LogP contribution in [0, 0.1) is 6.92 Å². The summed E-state index contributed by atoms with van der Waals surface area (Å²) in [6.45, 7) is 3.43. The monoisotopic (exact) mass is 246 g/mol. The van der Waals surface area contributed by atoms with Crippen molar-refractivity contribution in [2.75, 3.05) is 5.32 Å². The second kappa shape index (κ2) is 4.92. The molecular weight excluding hydrogens is 232 g/mol. The number of hydrogen-bond donors (Lipinski definition) is 2. The molecule has 18 heavy (non-hydrogen) atoms. The number of carbonyl (C=O) groups is 1. The largest absolute Gasteiger partial charge is 0.325 e. The zero-order chi connectivity index (χ0) is 13.1. The van der Waals surface area contributed by atoms with Crippen molar-refractivity contribution in [2.24, 2.45) is 5.73 Å². The van der Waals surface area contributed by atoms with Gasteiger partial charge in [0.05, 0.1) is 11.7 Å². The Balaban J connectivity index is 2.26. The smallest absolute Gasteiger partial charge is 0.240 e. The lowest BCUT2D eigenvalue weighted by Crippen LogP contribution is -2.32. The van der Waals surface area contributed by atoms with Crippen molar-refractivity contribution in [2.45, 2.75) is 19.9 Å². The van der Waals surface area contributed by atoms with E-state index in [0.717, 1.165) is 5.69 Å². The molecule has 94 valence electrons. The molecule has 0 saturated heterocycles. The van der Waals surface area contributed by atoms with Crippen LogP contribution in [0.2, 0.25) is 0 Å². The average molecular weight is 246 g/mol. The van der Waals surface area contributed by atoms with Crippen molar-refractivity contribution in [3.63, 3.8) is 0 Å². The van der Waals surface area contributed by atoms with Crippen LogP contribution in [0.3, 0.4) is 0 Å². The highest BCUT2D eigenvalue weighted by molar-refractivity contribution is 5.94. The molecule has 1 heterocycles. The summed E-state index contributed by atoms with van der Waals surface area (Å²) >= 11 is 0. The van der Waals surface area contributed by atoms with Crippen LogP contribution < -0.4 is 11.1 Å². The van der Waals surface area contributed by atoms with Gasteiger partial charge in [-0.15, -0.1) is 5.10 Å². The molecule has 1 amide bonds. The number of hydrogen-bond acceptors (Lipinski definition) is 5. The molecule has 1 aromatic heterocycles. The van der Waals surface area contributed by atoms with E-state index in [2.05, 4.69) is 20.8 Å². The number of amides is 1. The first-order valence-electron chi connectivity index (χ1n) is 5.50. The number of nitrogens with zero attached hydrogens (tertiary/aromatic N) is 4. The van der Waals surface area contributed by atoms with E-state index in [9.17, 15) is 4.79 Å². The van der Waals surface area contributed by atoms with Crippen LogP contribution in [-0.2, 0) is 4.79 Å². The van der Waals surface area contributed by atoms with Gasteiger partial charge >= 0.3 is 0 Å². The van der Waals surface area contributed by atoms with Gasteiger partial charge in [-0.2, -0.15) is 4.68 Å². The van der Waals surface area contributed by atoms with Crippen molar-refractivity contribution < 1.29 is 4.79 Å². The van der Waals surface area contributed by atoms with Gasteiger partial charge in [0, 0.05) is 5.69 Å². The number of aromatic nitrogens is 4. The molecule has 1 atom stereocenters. The third kappa shape index (κ3) is 2.51. The first-order chi connectivity index (χ1) is 8.58. The van der Waals surface area contributed by atoms with Crippen LogP contribution in [0.5, 0.6) is 0 Å². The number of benzene rings is 1. The van der Waals surface area contributed by atoms with Gasteiger partial charge in [0.2, 0.25) is 5.91 Å². The highest BCUT2D eigenvalue weighted by Crippen LogP contribution is 2.14. The first kappa shape index (κ1) is 12.2. The first-order valence-corrected chi connectivity index (χ1v) is 5.50. The summed E-state index contributed by atoms with van der Waals surface area (Å²) in [5, 5.41) is 14.0. The van der Waals surface area contributed by atoms with Gasteiger partial charge in [-0.05, 0) is 42.5 Å². The van der Waals surface area contributed by atoms with E-state index < -0.39 is 6.04 Å². The normalized spacial score (nSPS) is 12.2. The van der Waals surface area contributed by atoms with Crippen LogP contribution in [-0.4, -0.2) is 32.2 Å². The standard InChI is InChI=1S/C11H14N6O/c1-7(12)11(18)13-9-4-3-5-10(6-9)17-8(2)14-15-16-17/h3-7H,12H2,1-2H3,(H,13,18)/t7-/m0/s1. The maximum Gasteiger partial charge on any atom is 0.240 e. The second-order valence-electron chi connectivity index (χ2n) is 3.97. The number of aryl methyl sites for hydroxylation is 1. The number of rotatable bonds is 3. The van der Waals surface area contributed by atoms with Crippen molar-refractivity contribution in [1.29, 1.82) is 0 Å². The zero-order valence-electron chi connectivity index (χ0n) is 10.2. The van der Waals surface area contributed by atoms with Gasteiger partial charge < -0.3 is 11.1 Å². The third-order valence-electron chi connectivity index (χ3n) is 2.40. The quantitative estimate of drug-likeness (QED) is 0.809. The van der Waals surface area contributed by atoms with E-state index >= 15 is 0 Å². The van der Waals surface area contributed by atoms with Crippen molar-refractivity contribution >= 4 is 11.6 Å². The Labute approximate surface area is 104 Å². The number of anilines is 1.